The van der Waals surface area contributed by atoms with Crippen molar-refractivity contribution in [1.29, 1.82) is 0 Å². The summed E-state index contributed by atoms with van der Waals surface area (Å²) in [7, 11) is -4.86. The SMILES string of the molecule is CC(NS(=O)(=O)O)C(NC(=O)/C(=N\OC(C)(C)C(=O)O)c1csc(N)n1)C(=O)NC(N)=NCCCC(N)C(=O)O. The number of hydrogen-bond acceptors (Lipinski definition) is 13. The van der Waals surface area contributed by atoms with Crippen molar-refractivity contribution in [2.75, 3.05) is 12.3 Å². The fourth-order valence-corrected chi connectivity index (χ4v) is 3.76. The van der Waals surface area contributed by atoms with Crippen LogP contribution in [0.15, 0.2) is 15.5 Å². The number of guanidine groups is 1. The first-order valence-corrected chi connectivity index (χ1v) is 13.5. The van der Waals surface area contributed by atoms with Gasteiger partial charge in [-0.15, -0.1) is 11.3 Å². The number of carbonyl (C=O) groups excluding carboxylic acids is 2. The number of anilines is 1. The molecule has 0 bridgehead atoms. The van der Waals surface area contributed by atoms with Crippen LogP contribution < -0.4 is 32.6 Å². The molecule has 0 aliphatic heterocycles. The number of carbonyl (C=O) groups is 4. The Morgan fingerprint density at radius 3 is 2.38 bits per heavy atom. The number of carboxylic acids is 2. The number of nitrogens with one attached hydrogen (secondary N) is 3. The largest absolute Gasteiger partial charge is 0.480 e. The molecule has 12 N–H and O–H groups in total. The normalized spacial score (nSPS) is 15.0. The number of aromatic nitrogens is 1. The van der Waals surface area contributed by atoms with Gasteiger partial charge in [0.05, 0.1) is 6.04 Å². The molecule has 40 heavy (non-hydrogen) atoms. The number of nitrogen functional groups attached to an aromatic ring is 1. The van der Waals surface area contributed by atoms with Crippen LogP contribution in [0.4, 0.5) is 5.13 Å². The molecule has 0 saturated heterocycles. The molecule has 3 unspecified atom stereocenters. The lowest BCUT2D eigenvalue weighted by molar-refractivity contribution is -0.161. The zero-order valence-electron chi connectivity index (χ0n) is 21.5. The summed E-state index contributed by atoms with van der Waals surface area (Å²) in [5, 5.41) is 27.3. The van der Waals surface area contributed by atoms with Crippen molar-refractivity contribution in [2.45, 2.75) is 57.3 Å². The van der Waals surface area contributed by atoms with Crippen LogP contribution in [0.3, 0.4) is 0 Å². The van der Waals surface area contributed by atoms with Crippen LogP contribution in [0, 0.1) is 0 Å². The molecule has 1 rings (SSSR count). The van der Waals surface area contributed by atoms with Crippen molar-refractivity contribution in [1.82, 2.24) is 20.3 Å². The Kier molecular flexibility index (Phi) is 12.3. The van der Waals surface area contributed by atoms with Gasteiger partial charge in [0, 0.05) is 11.9 Å². The summed E-state index contributed by atoms with van der Waals surface area (Å²) in [5.74, 6) is -5.35. The maximum Gasteiger partial charge on any atom is 0.350 e. The number of nitrogens with two attached hydrogens (primary N) is 3. The Balaban J connectivity index is 3.22. The molecule has 1 aromatic heterocycles. The minimum absolute atomic E-state index is 0.0111. The number of amides is 2. The van der Waals surface area contributed by atoms with Crippen molar-refractivity contribution < 1.29 is 47.2 Å². The van der Waals surface area contributed by atoms with E-state index in [9.17, 15) is 37.3 Å². The first-order valence-electron chi connectivity index (χ1n) is 11.2. The van der Waals surface area contributed by atoms with Crippen LogP contribution in [0.5, 0.6) is 0 Å². The van der Waals surface area contributed by atoms with Gasteiger partial charge in [0.1, 0.15) is 17.8 Å². The molecule has 1 aromatic rings. The summed E-state index contributed by atoms with van der Waals surface area (Å²) in [6.45, 7) is 3.40. The summed E-state index contributed by atoms with van der Waals surface area (Å²) in [4.78, 5) is 60.9. The molecule has 0 radical (unpaired) electrons. The lowest BCUT2D eigenvalue weighted by atomic mass is 10.1. The second-order valence-corrected chi connectivity index (χ2v) is 10.7. The van der Waals surface area contributed by atoms with Gasteiger partial charge in [0.2, 0.25) is 5.60 Å². The number of rotatable bonds is 15. The number of aliphatic carboxylic acids is 2. The van der Waals surface area contributed by atoms with E-state index in [-0.39, 0.29) is 30.2 Å². The van der Waals surface area contributed by atoms with E-state index in [0.29, 0.717) is 0 Å². The molecule has 19 nitrogen and oxygen atoms in total. The highest BCUT2D eigenvalue weighted by atomic mass is 32.2. The van der Waals surface area contributed by atoms with Gasteiger partial charge < -0.3 is 37.6 Å². The Morgan fingerprint density at radius 2 is 1.88 bits per heavy atom. The highest BCUT2D eigenvalue weighted by molar-refractivity contribution is 7.83. The monoisotopic (exact) mass is 609 g/mol. The predicted molar refractivity (Wildman–Crippen MR) is 141 cm³/mol. The summed E-state index contributed by atoms with van der Waals surface area (Å²) in [6.07, 6.45) is 0.270. The quantitative estimate of drug-likeness (QED) is 0.0319. The third-order valence-corrected chi connectivity index (χ3v) is 6.13. The molecule has 3 atom stereocenters. The van der Waals surface area contributed by atoms with Crippen molar-refractivity contribution in [3.8, 4) is 0 Å². The van der Waals surface area contributed by atoms with E-state index >= 15 is 0 Å². The summed E-state index contributed by atoms with van der Waals surface area (Å²) in [5.41, 5.74) is 14.0. The van der Waals surface area contributed by atoms with Crippen LogP contribution in [0.2, 0.25) is 0 Å². The second-order valence-electron chi connectivity index (χ2n) is 8.59. The van der Waals surface area contributed by atoms with E-state index in [4.69, 9.17) is 27.1 Å². The lowest BCUT2D eigenvalue weighted by Gasteiger charge is -2.24. The Labute approximate surface area is 232 Å². The number of oxime groups is 1. The van der Waals surface area contributed by atoms with E-state index in [1.54, 1.807) is 4.72 Å². The van der Waals surface area contributed by atoms with Crippen LogP contribution in [-0.4, -0.2) is 93.9 Å². The Bertz CT molecular complexity index is 1260. The van der Waals surface area contributed by atoms with Crippen LogP contribution in [-0.2, 0) is 34.3 Å². The highest BCUT2D eigenvalue weighted by Gasteiger charge is 2.34. The van der Waals surface area contributed by atoms with E-state index in [1.807, 2.05) is 0 Å². The molecule has 224 valence electrons. The second kappa shape index (κ2) is 14.5. The Morgan fingerprint density at radius 1 is 1.25 bits per heavy atom. The molecule has 0 aliphatic carbocycles. The van der Waals surface area contributed by atoms with Gasteiger partial charge in [0.15, 0.2) is 16.8 Å². The number of hydrogen-bond donors (Lipinski definition) is 9. The standard InChI is InChI=1S/C19H31N9O10S2/c1-8(28-40(35,36)37)11(13(29)26-17(21)23-6-4-5-9(20)15(31)32)25-14(30)12(10-7-39-18(22)24-10)27-38-19(2,3)16(33)34/h7-9,11,28H,4-6,20H2,1-3H3,(H2,22,24)(H,25,30)(H,31,32)(H,33,34)(H,35,36,37)(H3,21,23,26,29)/b27-12-. The van der Waals surface area contributed by atoms with Gasteiger partial charge in [-0.2, -0.15) is 13.1 Å². The highest BCUT2D eigenvalue weighted by Crippen LogP contribution is 2.15. The minimum atomic E-state index is -4.86. The van der Waals surface area contributed by atoms with Crippen molar-refractivity contribution in [2.24, 2.45) is 21.6 Å². The van der Waals surface area contributed by atoms with E-state index in [0.717, 1.165) is 32.1 Å². The van der Waals surface area contributed by atoms with Crippen LogP contribution in [0.1, 0.15) is 39.3 Å². The number of thiazole rings is 1. The van der Waals surface area contributed by atoms with E-state index in [2.05, 4.69) is 25.8 Å². The summed E-state index contributed by atoms with van der Waals surface area (Å²) in [6, 6.07) is -4.37. The molecule has 0 fully saturated rings. The molecular weight excluding hydrogens is 578 g/mol. The van der Waals surface area contributed by atoms with Gasteiger partial charge in [-0.25, -0.2) is 9.78 Å². The molecule has 0 spiro atoms. The molecule has 1 heterocycles. The molecule has 0 aliphatic rings. The lowest BCUT2D eigenvalue weighted by Crippen LogP contribution is -2.60. The van der Waals surface area contributed by atoms with Gasteiger partial charge in [-0.1, -0.05) is 5.16 Å². The minimum Gasteiger partial charge on any atom is -0.480 e. The van der Waals surface area contributed by atoms with E-state index in [1.165, 1.54) is 5.38 Å². The topological polar surface area (TPSA) is 324 Å². The van der Waals surface area contributed by atoms with Gasteiger partial charge >= 0.3 is 22.2 Å². The smallest absolute Gasteiger partial charge is 0.350 e. The predicted octanol–water partition coefficient (Wildman–Crippen LogP) is -2.80. The third-order valence-electron chi connectivity index (χ3n) is 4.79. The van der Waals surface area contributed by atoms with Gasteiger partial charge in [-0.05, 0) is 33.6 Å². The fraction of sp³-hybridized carbons (Fsp3) is 0.526. The first-order chi connectivity index (χ1) is 18.3. The Hall–Kier alpha value is -3.92. The zero-order chi connectivity index (χ0) is 30.8. The molecule has 0 aromatic carbocycles. The number of nitrogens with zero attached hydrogens (tertiary/aromatic N) is 3. The maximum atomic E-state index is 13.2. The summed E-state index contributed by atoms with van der Waals surface area (Å²) >= 11 is 0.908. The molecule has 21 heteroatoms. The van der Waals surface area contributed by atoms with Crippen LogP contribution in [0.25, 0.3) is 0 Å². The number of carboxylic acid groups (broad SMARTS) is 2. The van der Waals surface area contributed by atoms with Crippen molar-refractivity contribution in [3.63, 3.8) is 0 Å². The summed E-state index contributed by atoms with van der Waals surface area (Å²) < 4.78 is 33.6. The third kappa shape index (κ3) is 11.4. The molecule has 2 amide bonds. The first kappa shape index (κ1) is 34.1. The fourth-order valence-electron chi connectivity index (χ4n) is 2.61. The van der Waals surface area contributed by atoms with Crippen molar-refractivity contribution in [3.05, 3.63) is 11.1 Å². The van der Waals surface area contributed by atoms with Gasteiger partial charge in [0.25, 0.3) is 11.8 Å². The maximum absolute atomic E-state index is 13.2. The van der Waals surface area contributed by atoms with Crippen molar-refractivity contribution >= 4 is 62.2 Å². The van der Waals surface area contributed by atoms with E-state index < -0.39 is 69.5 Å². The zero-order valence-corrected chi connectivity index (χ0v) is 23.2. The molecular formula is C19H31N9O10S2. The van der Waals surface area contributed by atoms with Crippen LogP contribution >= 0.6 is 11.3 Å². The average molecular weight is 610 g/mol. The van der Waals surface area contributed by atoms with Gasteiger partial charge in [-0.3, -0.25) is 29.2 Å². The average Bonchev–Trinajstić information content (AvgIpc) is 3.24. The number of aliphatic imine (C=N–C) groups is 1. The molecule has 0 saturated carbocycles.